The summed E-state index contributed by atoms with van der Waals surface area (Å²) in [5.41, 5.74) is 1.13. The van der Waals surface area contributed by atoms with Gasteiger partial charge in [0.2, 0.25) is 5.91 Å². The van der Waals surface area contributed by atoms with Crippen LogP contribution in [-0.2, 0) is 16.0 Å². The zero-order valence-electron chi connectivity index (χ0n) is 19.3. The van der Waals surface area contributed by atoms with Crippen molar-refractivity contribution in [1.29, 1.82) is 0 Å². The number of carbonyl (C=O) groups is 2. The first-order valence-electron chi connectivity index (χ1n) is 12.1. The van der Waals surface area contributed by atoms with Crippen molar-refractivity contribution in [2.45, 2.75) is 96.8 Å². The van der Waals surface area contributed by atoms with Crippen LogP contribution in [-0.4, -0.2) is 18.7 Å². The molecule has 0 aromatic heterocycles. The van der Waals surface area contributed by atoms with Crippen LogP contribution in [0.25, 0.3) is 0 Å². The lowest BCUT2D eigenvalue weighted by atomic mass is 9.89. The number of nitrogens with one attached hydrogen (secondary N) is 1. The molecule has 1 unspecified atom stereocenters. The second-order valence-corrected chi connectivity index (χ2v) is 8.36. The van der Waals surface area contributed by atoms with Gasteiger partial charge in [0.05, 0.1) is 0 Å². The van der Waals surface area contributed by atoms with E-state index in [1.807, 2.05) is 18.2 Å². The standard InChI is InChI=1S/C27H43NO2/c1-3-4-5-15-20-25(26(29)23-24-18-13-12-14-19-24)21-16-10-8-6-7-9-11-17-22-27(30)28-2/h10,12-14,16,18-19,25H,3-9,11,15,17,20-23H2,1-2H3,(H,28,30). The third-order valence-electron chi connectivity index (χ3n) is 5.72. The predicted octanol–water partition coefficient (Wildman–Crippen LogP) is 6.81. The lowest BCUT2D eigenvalue weighted by molar-refractivity contribution is -0.122. The van der Waals surface area contributed by atoms with E-state index in [0.717, 1.165) is 44.1 Å². The fourth-order valence-corrected chi connectivity index (χ4v) is 3.75. The molecule has 0 saturated carbocycles. The number of amides is 1. The Kier molecular flexibility index (Phi) is 15.6. The first-order valence-corrected chi connectivity index (χ1v) is 12.1. The summed E-state index contributed by atoms with van der Waals surface area (Å²) in [6, 6.07) is 10.1. The zero-order chi connectivity index (χ0) is 21.9. The van der Waals surface area contributed by atoms with Crippen molar-refractivity contribution in [3.63, 3.8) is 0 Å². The summed E-state index contributed by atoms with van der Waals surface area (Å²) in [4.78, 5) is 24.0. The number of allylic oxidation sites excluding steroid dienone is 2. The van der Waals surface area contributed by atoms with Crippen molar-refractivity contribution in [3.05, 3.63) is 48.0 Å². The maximum absolute atomic E-state index is 12.9. The molecule has 0 radical (unpaired) electrons. The number of carbonyl (C=O) groups excluding carboxylic acids is 2. The van der Waals surface area contributed by atoms with Gasteiger partial charge in [0, 0.05) is 25.8 Å². The van der Waals surface area contributed by atoms with Crippen molar-refractivity contribution in [1.82, 2.24) is 5.32 Å². The summed E-state index contributed by atoms with van der Waals surface area (Å²) < 4.78 is 0. The van der Waals surface area contributed by atoms with E-state index >= 15 is 0 Å². The van der Waals surface area contributed by atoms with Crippen LogP contribution in [0.5, 0.6) is 0 Å². The van der Waals surface area contributed by atoms with E-state index < -0.39 is 0 Å². The van der Waals surface area contributed by atoms with E-state index in [1.54, 1.807) is 7.05 Å². The first kappa shape index (κ1) is 26.1. The van der Waals surface area contributed by atoms with Gasteiger partial charge in [-0.1, -0.05) is 94.4 Å². The number of benzene rings is 1. The van der Waals surface area contributed by atoms with Crippen molar-refractivity contribution < 1.29 is 9.59 Å². The summed E-state index contributed by atoms with van der Waals surface area (Å²) in [7, 11) is 1.69. The first-order chi connectivity index (χ1) is 14.7. The SMILES string of the molecule is CCCCCCC(CC=CCCCCCCCC(=O)NC)C(=O)Cc1ccccc1. The topological polar surface area (TPSA) is 46.2 Å². The van der Waals surface area contributed by atoms with Crippen molar-refractivity contribution in [2.75, 3.05) is 7.05 Å². The molecule has 3 nitrogen and oxygen atoms in total. The highest BCUT2D eigenvalue weighted by Gasteiger charge is 2.17. The molecule has 0 heterocycles. The summed E-state index contributed by atoms with van der Waals surface area (Å²) in [6.45, 7) is 2.22. The summed E-state index contributed by atoms with van der Waals surface area (Å²) in [6.07, 6.45) is 19.3. The molecule has 0 spiro atoms. The van der Waals surface area contributed by atoms with Crippen LogP contribution >= 0.6 is 0 Å². The molecule has 0 saturated heterocycles. The van der Waals surface area contributed by atoms with Crippen LogP contribution in [0.4, 0.5) is 0 Å². The van der Waals surface area contributed by atoms with Gasteiger partial charge in [-0.05, 0) is 37.7 Å². The monoisotopic (exact) mass is 413 g/mol. The van der Waals surface area contributed by atoms with E-state index in [2.05, 4.69) is 36.5 Å². The van der Waals surface area contributed by atoms with Gasteiger partial charge >= 0.3 is 0 Å². The maximum Gasteiger partial charge on any atom is 0.219 e. The average molecular weight is 414 g/mol. The van der Waals surface area contributed by atoms with Gasteiger partial charge in [-0.2, -0.15) is 0 Å². The van der Waals surface area contributed by atoms with Crippen LogP contribution in [0.2, 0.25) is 0 Å². The molecule has 0 bridgehead atoms. The molecule has 30 heavy (non-hydrogen) atoms. The van der Waals surface area contributed by atoms with E-state index in [-0.39, 0.29) is 11.8 Å². The lowest BCUT2D eigenvalue weighted by Gasteiger charge is -2.14. The Morgan fingerprint density at radius 2 is 1.60 bits per heavy atom. The van der Waals surface area contributed by atoms with Gasteiger partial charge in [-0.3, -0.25) is 9.59 Å². The van der Waals surface area contributed by atoms with Crippen LogP contribution in [0.1, 0.15) is 96.0 Å². The van der Waals surface area contributed by atoms with E-state index in [0.29, 0.717) is 18.6 Å². The Hall–Kier alpha value is -1.90. The molecule has 1 amide bonds. The number of rotatable bonds is 18. The molecule has 1 aromatic rings. The second-order valence-electron chi connectivity index (χ2n) is 8.36. The summed E-state index contributed by atoms with van der Waals surface area (Å²) in [5.74, 6) is 0.686. The normalized spacial score (nSPS) is 12.2. The highest BCUT2D eigenvalue weighted by Crippen LogP contribution is 2.19. The van der Waals surface area contributed by atoms with Gasteiger partial charge in [0.15, 0.2) is 0 Å². The third-order valence-corrected chi connectivity index (χ3v) is 5.72. The third kappa shape index (κ3) is 13.3. The van der Waals surface area contributed by atoms with Crippen LogP contribution in [0, 0.1) is 5.92 Å². The largest absolute Gasteiger partial charge is 0.359 e. The number of hydrogen-bond acceptors (Lipinski definition) is 2. The molecule has 1 aromatic carbocycles. The number of hydrogen-bond donors (Lipinski definition) is 1. The van der Waals surface area contributed by atoms with Crippen LogP contribution in [0.3, 0.4) is 0 Å². The molecule has 1 atom stereocenters. The van der Waals surface area contributed by atoms with E-state index in [4.69, 9.17) is 0 Å². The molecule has 0 aliphatic heterocycles. The Balaban J connectivity index is 2.28. The number of unbranched alkanes of at least 4 members (excludes halogenated alkanes) is 8. The minimum Gasteiger partial charge on any atom is -0.359 e. The molecule has 0 fully saturated rings. The fraction of sp³-hybridized carbons (Fsp3) is 0.630. The number of ketones is 1. The Morgan fingerprint density at radius 1 is 0.900 bits per heavy atom. The molecule has 168 valence electrons. The molecule has 1 N–H and O–H groups in total. The zero-order valence-corrected chi connectivity index (χ0v) is 19.3. The van der Waals surface area contributed by atoms with E-state index in [9.17, 15) is 9.59 Å². The summed E-state index contributed by atoms with van der Waals surface area (Å²) in [5, 5.41) is 2.67. The highest BCUT2D eigenvalue weighted by molar-refractivity contribution is 5.83. The van der Waals surface area contributed by atoms with Gasteiger partial charge in [0.25, 0.3) is 0 Å². The minimum atomic E-state index is 0.143. The molecular weight excluding hydrogens is 370 g/mol. The second kappa shape index (κ2) is 17.9. The van der Waals surface area contributed by atoms with E-state index in [1.165, 1.54) is 38.5 Å². The molecule has 3 heteroatoms. The predicted molar refractivity (Wildman–Crippen MR) is 128 cm³/mol. The Bertz CT molecular complexity index is 594. The van der Waals surface area contributed by atoms with Gasteiger partial charge in [-0.15, -0.1) is 0 Å². The molecule has 0 aliphatic rings. The molecule has 0 aliphatic carbocycles. The van der Waals surface area contributed by atoms with Gasteiger partial charge < -0.3 is 5.32 Å². The summed E-state index contributed by atoms with van der Waals surface area (Å²) >= 11 is 0. The quantitative estimate of drug-likeness (QED) is 0.212. The average Bonchev–Trinajstić information content (AvgIpc) is 2.76. The van der Waals surface area contributed by atoms with Gasteiger partial charge in [0.1, 0.15) is 5.78 Å². The fourth-order valence-electron chi connectivity index (χ4n) is 3.75. The van der Waals surface area contributed by atoms with Crippen molar-refractivity contribution in [3.8, 4) is 0 Å². The Labute approximate surface area is 184 Å². The van der Waals surface area contributed by atoms with Crippen LogP contribution in [0.15, 0.2) is 42.5 Å². The smallest absolute Gasteiger partial charge is 0.219 e. The van der Waals surface area contributed by atoms with Crippen molar-refractivity contribution >= 4 is 11.7 Å². The molecular formula is C27H43NO2. The maximum atomic E-state index is 12.9. The number of Topliss-reactive ketones (excluding diaryl/α,β-unsaturated/α-hetero) is 1. The van der Waals surface area contributed by atoms with Crippen LogP contribution < -0.4 is 5.32 Å². The highest BCUT2D eigenvalue weighted by atomic mass is 16.1. The van der Waals surface area contributed by atoms with Crippen molar-refractivity contribution in [2.24, 2.45) is 5.92 Å². The Morgan fingerprint density at radius 3 is 2.33 bits per heavy atom. The lowest BCUT2D eigenvalue weighted by Crippen LogP contribution is -2.16. The minimum absolute atomic E-state index is 0.143. The molecule has 1 rings (SSSR count). The van der Waals surface area contributed by atoms with Gasteiger partial charge in [-0.25, -0.2) is 0 Å².